The van der Waals surface area contributed by atoms with Gasteiger partial charge in [0.05, 0.1) is 43.7 Å². The Labute approximate surface area is 229 Å². The molecule has 2 aliphatic heterocycles. The van der Waals surface area contributed by atoms with E-state index in [2.05, 4.69) is 8.37 Å². The van der Waals surface area contributed by atoms with E-state index in [9.17, 15) is 49.9 Å². The standard InChI is InChI=1S/C18H31NO18S3/c1-16(2)12(19-38(24,25)26)13(21)17(3,11(36-16)6-34-39(27,28)29)7-33-8-18(4)14(37-40(30,31)32)9(20)5-10(35-18)15(22)23/h5,9,11-14,19-21H,6-8H2,1-4H3,(H,22,23)(H,24,25,26)(H,27,28,29)(H,30,31,32)/t9-,11?,12?,13+,14?,17-,18-/m1/s1. The summed E-state index contributed by atoms with van der Waals surface area (Å²) in [6.07, 6.45) is -6.61. The summed E-state index contributed by atoms with van der Waals surface area (Å²) in [4.78, 5) is 11.4. The van der Waals surface area contributed by atoms with Gasteiger partial charge >= 0.3 is 37.1 Å². The van der Waals surface area contributed by atoms with Crippen LogP contribution in [0.2, 0.25) is 0 Å². The molecule has 2 heterocycles. The molecule has 40 heavy (non-hydrogen) atoms. The molecule has 7 atom stereocenters. The van der Waals surface area contributed by atoms with Crippen molar-refractivity contribution >= 4 is 37.1 Å². The lowest BCUT2D eigenvalue weighted by Crippen LogP contribution is -2.71. The third kappa shape index (κ3) is 8.73. The SMILES string of the molecule is CC1(C)OC(COS(=O)(=O)O)[C@@](C)(COC[C@@]2(C)OC(C(=O)O)=C[C@@H](O)C2OS(=O)(=O)O)[C@@H](O)C1NS(=O)(=O)O. The number of carboxylic acids is 1. The molecule has 0 aromatic rings. The zero-order valence-corrected chi connectivity index (χ0v) is 23.8. The smallest absolute Gasteiger partial charge is 0.397 e. The van der Waals surface area contributed by atoms with E-state index in [4.69, 9.17) is 23.3 Å². The monoisotopic (exact) mass is 645 g/mol. The number of carboxylic acid groups (broad SMARTS) is 1. The Bertz CT molecular complexity index is 1310. The first-order valence-electron chi connectivity index (χ1n) is 11.1. The van der Waals surface area contributed by atoms with Gasteiger partial charge < -0.3 is 29.5 Å². The van der Waals surface area contributed by atoms with Crippen molar-refractivity contribution in [1.29, 1.82) is 0 Å². The maximum atomic E-state index is 11.5. The number of rotatable bonds is 12. The zero-order chi connectivity index (χ0) is 31.1. The molecule has 22 heteroatoms. The van der Waals surface area contributed by atoms with Crippen LogP contribution in [0.25, 0.3) is 0 Å². The fourth-order valence-corrected chi connectivity index (χ4v) is 5.99. The predicted octanol–water partition coefficient (Wildman–Crippen LogP) is -2.57. The highest BCUT2D eigenvalue weighted by atomic mass is 32.3. The van der Waals surface area contributed by atoms with Gasteiger partial charge in [-0.2, -0.15) is 30.0 Å². The normalized spacial score (nSPS) is 35.0. The first-order valence-corrected chi connectivity index (χ1v) is 15.2. The summed E-state index contributed by atoms with van der Waals surface area (Å²) in [6, 6.07) is -1.58. The molecule has 19 nitrogen and oxygen atoms in total. The molecule has 0 saturated carbocycles. The minimum Gasteiger partial charge on any atom is -0.475 e. The largest absolute Gasteiger partial charge is 0.475 e. The molecule has 7 N–H and O–H groups in total. The van der Waals surface area contributed by atoms with Gasteiger partial charge in [0.25, 0.3) is 0 Å². The summed E-state index contributed by atoms with van der Waals surface area (Å²) in [5.74, 6) is -2.50. The van der Waals surface area contributed by atoms with Gasteiger partial charge in [0.1, 0.15) is 6.10 Å². The van der Waals surface area contributed by atoms with Crippen molar-refractivity contribution < 1.29 is 81.6 Å². The number of aliphatic hydroxyl groups excluding tert-OH is 2. The van der Waals surface area contributed by atoms with Crippen LogP contribution in [0.15, 0.2) is 11.8 Å². The predicted molar refractivity (Wildman–Crippen MR) is 127 cm³/mol. The second-order valence-corrected chi connectivity index (χ2v) is 13.4. The van der Waals surface area contributed by atoms with Gasteiger partial charge in [0.15, 0.2) is 11.7 Å². The van der Waals surface area contributed by atoms with Gasteiger partial charge in [0.2, 0.25) is 5.76 Å². The van der Waals surface area contributed by atoms with E-state index in [0.29, 0.717) is 6.08 Å². The lowest BCUT2D eigenvalue weighted by atomic mass is 9.70. The highest BCUT2D eigenvalue weighted by Gasteiger charge is 2.58. The minimum atomic E-state index is -5.22. The number of ether oxygens (including phenoxy) is 3. The maximum absolute atomic E-state index is 11.5. The summed E-state index contributed by atoms with van der Waals surface area (Å²) >= 11 is 0. The van der Waals surface area contributed by atoms with Crippen LogP contribution < -0.4 is 4.72 Å². The maximum Gasteiger partial charge on any atom is 0.397 e. The van der Waals surface area contributed by atoms with E-state index in [1.807, 2.05) is 0 Å². The van der Waals surface area contributed by atoms with E-state index in [1.165, 1.54) is 20.8 Å². The van der Waals surface area contributed by atoms with E-state index < -0.39 is 110 Å². The summed E-state index contributed by atoms with van der Waals surface area (Å²) in [6.45, 7) is 2.39. The molecule has 0 aromatic carbocycles. The second kappa shape index (κ2) is 11.6. The molecule has 2 rings (SSSR count). The first-order chi connectivity index (χ1) is 17.8. The highest BCUT2D eigenvalue weighted by Crippen LogP contribution is 2.43. The van der Waals surface area contributed by atoms with E-state index in [1.54, 1.807) is 4.72 Å². The average Bonchev–Trinajstić information content (AvgIpc) is 2.74. The topological polar surface area (TPSA) is 299 Å². The summed E-state index contributed by atoms with van der Waals surface area (Å²) in [5, 5.41) is 30.8. The molecule has 0 radical (unpaired) electrons. The molecule has 1 saturated heterocycles. The van der Waals surface area contributed by atoms with Crippen LogP contribution >= 0.6 is 0 Å². The van der Waals surface area contributed by atoms with Crippen molar-refractivity contribution in [2.75, 3.05) is 19.8 Å². The number of hydrogen-bond donors (Lipinski definition) is 7. The van der Waals surface area contributed by atoms with Crippen LogP contribution in [-0.4, -0.2) is 122 Å². The van der Waals surface area contributed by atoms with Crippen molar-refractivity contribution in [1.82, 2.24) is 4.72 Å². The molecule has 3 unspecified atom stereocenters. The number of aliphatic hydroxyl groups is 2. The van der Waals surface area contributed by atoms with Crippen LogP contribution in [-0.2, 0) is 58.5 Å². The Morgan fingerprint density at radius 2 is 1.57 bits per heavy atom. The summed E-state index contributed by atoms with van der Waals surface area (Å²) < 4.78 is 123. The molecule has 2 aliphatic rings. The lowest BCUT2D eigenvalue weighted by Gasteiger charge is -2.54. The van der Waals surface area contributed by atoms with Crippen molar-refractivity contribution in [3.8, 4) is 0 Å². The molecule has 234 valence electrons. The Morgan fingerprint density at radius 1 is 1.00 bits per heavy atom. The number of carbonyl (C=O) groups is 1. The van der Waals surface area contributed by atoms with Crippen LogP contribution in [0.1, 0.15) is 27.7 Å². The van der Waals surface area contributed by atoms with Gasteiger partial charge in [-0.05, 0) is 26.8 Å². The quantitative estimate of drug-likeness (QED) is 0.107. The van der Waals surface area contributed by atoms with Crippen molar-refractivity contribution in [2.24, 2.45) is 5.41 Å². The van der Waals surface area contributed by atoms with Gasteiger partial charge in [-0.15, -0.1) is 0 Å². The average molecular weight is 646 g/mol. The van der Waals surface area contributed by atoms with Crippen molar-refractivity contribution in [3.63, 3.8) is 0 Å². The lowest BCUT2D eigenvalue weighted by molar-refractivity contribution is -0.253. The zero-order valence-electron chi connectivity index (χ0n) is 21.4. The minimum absolute atomic E-state index is 0.607. The fourth-order valence-electron chi connectivity index (χ4n) is 4.38. The Morgan fingerprint density at radius 3 is 2.05 bits per heavy atom. The fraction of sp³-hybridized carbons (Fsp3) is 0.833. The Balaban J connectivity index is 2.42. The molecule has 0 amide bonds. The third-order valence-corrected chi connectivity index (χ3v) is 7.82. The second-order valence-electron chi connectivity index (χ2n) is 10.1. The van der Waals surface area contributed by atoms with E-state index in [-0.39, 0.29) is 0 Å². The van der Waals surface area contributed by atoms with Crippen LogP contribution in [0.5, 0.6) is 0 Å². The van der Waals surface area contributed by atoms with Gasteiger partial charge in [0, 0.05) is 5.41 Å². The molecule has 1 fully saturated rings. The van der Waals surface area contributed by atoms with E-state index >= 15 is 0 Å². The van der Waals surface area contributed by atoms with Crippen LogP contribution in [0.3, 0.4) is 0 Å². The number of aliphatic carboxylic acids is 1. The van der Waals surface area contributed by atoms with Gasteiger partial charge in [-0.1, -0.05) is 6.92 Å². The molecular formula is C18H31NO18S3. The van der Waals surface area contributed by atoms with Crippen LogP contribution in [0, 0.1) is 5.41 Å². The molecule has 0 aromatic heterocycles. The van der Waals surface area contributed by atoms with Gasteiger partial charge in [-0.25, -0.2) is 13.2 Å². The van der Waals surface area contributed by atoms with Gasteiger partial charge in [-0.3, -0.25) is 13.7 Å². The summed E-state index contributed by atoms with van der Waals surface area (Å²) in [7, 11) is -15.2. The summed E-state index contributed by atoms with van der Waals surface area (Å²) in [5.41, 5.74) is -5.60. The van der Waals surface area contributed by atoms with Crippen LogP contribution in [0.4, 0.5) is 0 Å². The van der Waals surface area contributed by atoms with E-state index in [0.717, 1.165) is 6.92 Å². The Hall–Kier alpha value is -1.54. The molecule has 0 spiro atoms. The highest BCUT2D eigenvalue weighted by molar-refractivity contribution is 7.83. The molecule has 0 bridgehead atoms. The Kier molecular flexibility index (Phi) is 10.1. The number of nitrogens with one attached hydrogen (secondary N) is 1. The molecular weight excluding hydrogens is 614 g/mol. The van der Waals surface area contributed by atoms with Crippen molar-refractivity contribution in [2.45, 2.75) is 69.4 Å². The number of hydrogen-bond acceptors (Lipinski definition) is 14. The third-order valence-electron chi connectivity index (χ3n) is 6.38. The van der Waals surface area contributed by atoms with Crippen molar-refractivity contribution in [3.05, 3.63) is 11.8 Å². The molecule has 0 aliphatic carbocycles. The first kappa shape index (κ1) is 34.7.